The Morgan fingerprint density at radius 1 is 1.08 bits per heavy atom. The van der Waals surface area contributed by atoms with Crippen LogP contribution in [0.25, 0.3) is 0 Å². The minimum Gasteiger partial charge on any atom is -0.497 e. The molecule has 2 heterocycles. The molecule has 3 aromatic rings. The Morgan fingerprint density at radius 2 is 1.96 bits per heavy atom. The molecular weight excluding hydrogens is 312 g/mol. The SMILES string of the molecule is COc1cccc([C@@H]2C[C@@H](c3ccc(C)c(C)c3)n3ncnc3N2)c1. The summed E-state index contributed by atoms with van der Waals surface area (Å²) in [6.07, 6.45) is 2.52. The van der Waals surface area contributed by atoms with Crippen molar-refractivity contribution in [3.05, 3.63) is 71.0 Å². The van der Waals surface area contributed by atoms with Crippen molar-refractivity contribution in [2.75, 3.05) is 12.4 Å². The number of benzene rings is 2. The monoisotopic (exact) mass is 334 g/mol. The lowest BCUT2D eigenvalue weighted by Gasteiger charge is -2.32. The van der Waals surface area contributed by atoms with Crippen LogP contribution in [0.2, 0.25) is 0 Å². The summed E-state index contributed by atoms with van der Waals surface area (Å²) in [6, 6.07) is 15.2. The predicted molar refractivity (Wildman–Crippen MR) is 98.1 cm³/mol. The van der Waals surface area contributed by atoms with E-state index in [-0.39, 0.29) is 12.1 Å². The molecule has 128 valence electrons. The summed E-state index contributed by atoms with van der Waals surface area (Å²) in [4.78, 5) is 4.40. The lowest BCUT2D eigenvalue weighted by atomic mass is 9.92. The van der Waals surface area contributed by atoms with E-state index < -0.39 is 0 Å². The van der Waals surface area contributed by atoms with E-state index in [0.29, 0.717) is 0 Å². The molecule has 0 spiro atoms. The maximum atomic E-state index is 5.38. The van der Waals surface area contributed by atoms with E-state index in [1.165, 1.54) is 22.3 Å². The summed E-state index contributed by atoms with van der Waals surface area (Å²) < 4.78 is 7.37. The smallest absolute Gasteiger partial charge is 0.222 e. The van der Waals surface area contributed by atoms with Crippen LogP contribution in [0.1, 0.15) is 40.8 Å². The zero-order valence-electron chi connectivity index (χ0n) is 14.7. The van der Waals surface area contributed by atoms with Crippen LogP contribution >= 0.6 is 0 Å². The molecule has 5 nitrogen and oxygen atoms in total. The molecule has 1 N–H and O–H groups in total. The van der Waals surface area contributed by atoms with Gasteiger partial charge in [0, 0.05) is 0 Å². The van der Waals surface area contributed by atoms with Gasteiger partial charge in [-0.25, -0.2) is 4.68 Å². The highest BCUT2D eigenvalue weighted by Crippen LogP contribution is 2.38. The Morgan fingerprint density at radius 3 is 2.76 bits per heavy atom. The highest BCUT2D eigenvalue weighted by atomic mass is 16.5. The van der Waals surface area contributed by atoms with E-state index in [1.54, 1.807) is 13.4 Å². The number of methoxy groups -OCH3 is 1. The molecule has 1 aliphatic heterocycles. The van der Waals surface area contributed by atoms with Crippen molar-refractivity contribution in [3.63, 3.8) is 0 Å². The number of aromatic nitrogens is 3. The first-order valence-electron chi connectivity index (χ1n) is 8.53. The van der Waals surface area contributed by atoms with Crippen molar-refractivity contribution in [2.45, 2.75) is 32.4 Å². The third kappa shape index (κ3) is 2.86. The van der Waals surface area contributed by atoms with E-state index in [9.17, 15) is 0 Å². The number of nitrogens with one attached hydrogen (secondary N) is 1. The maximum absolute atomic E-state index is 5.38. The van der Waals surface area contributed by atoms with Gasteiger partial charge in [0.1, 0.15) is 12.1 Å². The predicted octanol–water partition coefficient (Wildman–Crippen LogP) is 4.05. The number of hydrogen-bond acceptors (Lipinski definition) is 4. The molecule has 2 atom stereocenters. The van der Waals surface area contributed by atoms with Crippen LogP contribution in [-0.2, 0) is 0 Å². The molecule has 5 heteroatoms. The van der Waals surface area contributed by atoms with E-state index >= 15 is 0 Å². The Bertz CT molecular complexity index is 902. The second-order valence-electron chi connectivity index (χ2n) is 6.60. The number of ether oxygens (including phenoxy) is 1. The van der Waals surface area contributed by atoms with Crippen molar-refractivity contribution in [1.29, 1.82) is 0 Å². The van der Waals surface area contributed by atoms with Gasteiger partial charge in [0.2, 0.25) is 5.95 Å². The molecule has 1 aliphatic rings. The largest absolute Gasteiger partial charge is 0.497 e. The molecule has 25 heavy (non-hydrogen) atoms. The molecule has 0 radical (unpaired) electrons. The molecule has 0 aliphatic carbocycles. The van der Waals surface area contributed by atoms with Crippen molar-refractivity contribution < 1.29 is 4.74 Å². The molecule has 2 aromatic carbocycles. The van der Waals surface area contributed by atoms with Crippen LogP contribution in [0.3, 0.4) is 0 Å². The number of anilines is 1. The number of fused-ring (bicyclic) bond motifs is 1. The van der Waals surface area contributed by atoms with Crippen molar-refractivity contribution >= 4 is 5.95 Å². The molecule has 0 saturated carbocycles. The van der Waals surface area contributed by atoms with Gasteiger partial charge in [-0.2, -0.15) is 10.1 Å². The Hall–Kier alpha value is -2.82. The molecule has 0 bridgehead atoms. The van der Waals surface area contributed by atoms with E-state index in [0.717, 1.165) is 18.1 Å². The van der Waals surface area contributed by atoms with Crippen LogP contribution in [0.15, 0.2) is 48.8 Å². The first kappa shape index (κ1) is 15.7. The molecule has 1 aromatic heterocycles. The van der Waals surface area contributed by atoms with Gasteiger partial charge in [0.15, 0.2) is 0 Å². The molecule has 0 fully saturated rings. The summed E-state index contributed by atoms with van der Waals surface area (Å²) in [5.41, 5.74) is 5.07. The second-order valence-corrected chi connectivity index (χ2v) is 6.60. The zero-order chi connectivity index (χ0) is 17.4. The summed E-state index contributed by atoms with van der Waals surface area (Å²) in [5.74, 6) is 1.68. The molecule has 0 saturated heterocycles. The highest BCUT2D eigenvalue weighted by Gasteiger charge is 2.30. The minimum absolute atomic E-state index is 0.161. The third-order valence-corrected chi connectivity index (χ3v) is 5.04. The minimum atomic E-state index is 0.161. The number of nitrogens with zero attached hydrogens (tertiary/aromatic N) is 3. The van der Waals surface area contributed by atoms with E-state index in [1.807, 2.05) is 16.8 Å². The maximum Gasteiger partial charge on any atom is 0.222 e. The number of rotatable bonds is 3. The second kappa shape index (κ2) is 6.24. The first-order chi connectivity index (χ1) is 12.2. The highest BCUT2D eigenvalue weighted by molar-refractivity contribution is 5.41. The van der Waals surface area contributed by atoms with Crippen molar-refractivity contribution in [1.82, 2.24) is 14.8 Å². The topological polar surface area (TPSA) is 52.0 Å². The van der Waals surface area contributed by atoms with Gasteiger partial charge in [0.25, 0.3) is 0 Å². The van der Waals surface area contributed by atoms with Gasteiger partial charge in [-0.15, -0.1) is 0 Å². The lowest BCUT2D eigenvalue weighted by molar-refractivity contribution is 0.410. The van der Waals surface area contributed by atoms with Crippen molar-refractivity contribution in [2.24, 2.45) is 0 Å². The van der Waals surface area contributed by atoms with Gasteiger partial charge in [0.05, 0.1) is 19.2 Å². The normalized spacial score (nSPS) is 19.2. The van der Waals surface area contributed by atoms with Crippen LogP contribution in [0.4, 0.5) is 5.95 Å². The molecule has 0 unspecified atom stereocenters. The standard InChI is InChI=1S/C20H22N4O/c1-13-7-8-16(9-14(13)2)19-11-18(23-20-21-12-22-24(19)20)15-5-4-6-17(10-15)25-3/h4-10,12,18-19H,11H2,1-3H3,(H,21,22,23)/t18-,19-/m0/s1. The van der Waals surface area contributed by atoms with Gasteiger partial charge in [-0.3, -0.25) is 0 Å². The van der Waals surface area contributed by atoms with E-state index in [4.69, 9.17) is 4.74 Å². The van der Waals surface area contributed by atoms with Gasteiger partial charge in [-0.05, 0) is 54.7 Å². The number of aryl methyl sites for hydroxylation is 2. The first-order valence-corrected chi connectivity index (χ1v) is 8.53. The van der Waals surface area contributed by atoms with E-state index in [2.05, 4.69) is 59.6 Å². The van der Waals surface area contributed by atoms with Gasteiger partial charge < -0.3 is 10.1 Å². The van der Waals surface area contributed by atoms with Crippen LogP contribution in [0, 0.1) is 13.8 Å². The molecule has 4 rings (SSSR count). The van der Waals surface area contributed by atoms with Crippen molar-refractivity contribution in [3.8, 4) is 5.75 Å². The lowest BCUT2D eigenvalue weighted by Crippen LogP contribution is -2.28. The Labute approximate surface area is 147 Å². The van der Waals surface area contributed by atoms with Gasteiger partial charge in [-0.1, -0.05) is 30.3 Å². The third-order valence-electron chi connectivity index (χ3n) is 5.04. The summed E-state index contributed by atoms with van der Waals surface area (Å²) in [6.45, 7) is 4.29. The molecule has 0 amide bonds. The average Bonchev–Trinajstić information content (AvgIpc) is 3.12. The Kier molecular flexibility index (Phi) is 3.92. The van der Waals surface area contributed by atoms with Gasteiger partial charge >= 0.3 is 0 Å². The quantitative estimate of drug-likeness (QED) is 0.785. The fourth-order valence-corrected chi connectivity index (χ4v) is 3.45. The number of hydrogen-bond donors (Lipinski definition) is 1. The summed E-state index contributed by atoms with van der Waals surface area (Å²) >= 11 is 0. The molecular formula is C20H22N4O. The fourth-order valence-electron chi connectivity index (χ4n) is 3.45. The Balaban J connectivity index is 1.73. The average molecular weight is 334 g/mol. The summed E-state index contributed by atoms with van der Waals surface area (Å²) in [7, 11) is 1.70. The fraction of sp³-hybridized carbons (Fsp3) is 0.300. The van der Waals surface area contributed by atoms with Crippen LogP contribution in [-0.4, -0.2) is 21.9 Å². The zero-order valence-corrected chi connectivity index (χ0v) is 14.7. The summed E-state index contributed by atoms with van der Waals surface area (Å²) in [5, 5.41) is 7.95. The van der Waals surface area contributed by atoms with Crippen LogP contribution in [0.5, 0.6) is 5.75 Å². The van der Waals surface area contributed by atoms with Crippen LogP contribution < -0.4 is 10.1 Å².